The van der Waals surface area contributed by atoms with Crippen LogP contribution in [0.25, 0.3) is 22.3 Å². The average molecular weight is 552 g/mol. The summed E-state index contributed by atoms with van der Waals surface area (Å²) in [6.45, 7) is 1.95. The van der Waals surface area contributed by atoms with Gasteiger partial charge in [0.1, 0.15) is 0 Å². The van der Waals surface area contributed by atoms with E-state index in [0.717, 1.165) is 48.4 Å². The highest BCUT2D eigenvalue weighted by Crippen LogP contribution is 2.37. The SMILES string of the molecule is CCCc1ccc(C(F)(F)Oc2ccc(-c3ccc(-c4ccc(OC(F)(F)F)c(F)c4)cc3)c(F)c2F)cc1. The molecule has 0 radical (unpaired) electrons. The van der Waals surface area contributed by atoms with Gasteiger partial charge in [0.25, 0.3) is 0 Å². The number of rotatable bonds is 8. The van der Waals surface area contributed by atoms with E-state index in [2.05, 4.69) is 9.47 Å². The lowest BCUT2D eigenvalue weighted by molar-refractivity contribution is -0.275. The third kappa shape index (κ3) is 6.50. The van der Waals surface area contributed by atoms with Gasteiger partial charge >= 0.3 is 12.5 Å². The molecule has 0 aromatic heterocycles. The first kappa shape index (κ1) is 27.9. The van der Waals surface area contributed by atoms with Crippen molar-refractivity contribution in [2.75, 3.05) is 0 Å². The molecule has 0 fully saturated rings. The predicted molar refractivity (Wildman–Crippen MR) is 129 cm³/mol. The molecular formula is C29H20F8O2. The van der Waals surface area contributed by atoms with Gasteiger partial charge in [-0.25, -0.2) is 8.78 Å². The van der Waals surface area contributed by atoms with Gasteiger partial charge in [0.15, 0.2) is 23.1 Å². The number of benzene rings is 4. The van der Waals surface area contributed by atoms with Gasteiger partial charge in [-0.05, 0) is 65.1 Å². The molecule has 0 amide bonds. The van der Waals surface area contributed by atoms with Crippen molar-refractivity contribution < 1.29 is 44.6 Å². The summed E-state index contributed by atoms with van der Waals surface area (Å²) in [4.78, 5) is 0. The first-order chi connectivity index (χ1) is 18.4. The van der Waals surface area contributed by atoms with Crippen molar-refractivity contribution in [3.8, 4) is 33.8 Å². The van der Waals surface area contributed by atoms with Gasteiger partial charge in [-0.3, -0.25) is 0 Å². The van der Waals surface area contributed by atoms with Crippen LogP contribution in [0.5, 0.6) is 11.5 Å². The van der Waals surface area contributed by atoms with Crippen molar-refractivity contribution in [1.82, 2.24) is 0 Å². The van der Waals surface area contributed by atoms with E-state index in [0.29, 0.717) is 12.0 Å². The maximum absolute atomic E-state index is 14.9. The maximum Gasteiger partial charge on any atom is 0.573 e. The largest absolute Gasteiger partial charge is 0.573 e. The zero-order valence-corrected chi connectivity index (χ0v) is 20.3. The van der Waals surface area contributed by atoms with Crippen molar-refractivity contribution in [2.45, 2.75) is 32.2 Å². The Hall–Kier alpha value is -4.08. The highest BCUT2D eigenvalue weighted by Gasteiger charge is 2.36. The summed E-state index contributed by atoms with van der Waals surface area (Å²) in [6, 6.07) is 15.7. The molecule has 4 rings (SSSR count). The van der Waals surface area contributed by atoms with Crippen LogP contribution in [0.1, 0.15) is 24.5 Å². The molecule has 0 unspecified atom stereocenters. The lowest BCUT2D eigenvalue weighted by atomic mass is 9.99. The lowest BCUT2D eigenvalue weighted by Crippen LogP contribution is -2.22. The number of hydrogen-bond donors (Lipinski definition) is 0. The Morgan fingerprint density at radius 2 is 1.21 bits per heavy atom. The molecule has 10 heteroatoms. The third-order valence-electron chi connectivity index (χ3n) is 5.80. The molecule has 0 aliphatic carbocycles. The summed E-state index contributed by atoms with van der Waals surface area (Å²) < 4.78 is 118. The molecular weight excluding hydrogens is 532 g/mol. The van der Waals surface area contributed by atoms with Gasteiger partial charge in [0, 0.05) is 5.56 Å². The minimum Gasteiger partial charge on any atom is -0.426 e. The summed E-state index contributed by atoms with van der Waals surface area (Å²) in [7, 11) is 0. The van der Waals surface area contributed by atoms with E-state index < -0.39 is 47.0 Å². The fourth-order valence-electron chi connectivity index (χ4n) is 3.91. The van der Waals surface area contributed by atoms with Gasteiger partial charge < -0.3 is 9.47 Å². The van der Waals surface area contributed by atoms with Gasteiger partial charge in [-0.1, -0.05) is 55.8 Å². The van der Waals surface area contributed by atoms with Gasteiger partial charge in [-0.2, -0.15) is 13.2 Å². The second-order valence-corrected chi connectivity index (χ2v) is 8.58. The fourth-order valence-corrected chi connectivity index (χ4v) is 3.91. The van der Waals surface area contributed by atoms with Crippen LogP contribution in [0.4, 0.5) is 35.1 Å². The number of ether oxygens (including phenoxy) is 2. The van der Waals surface area contributed by atoms with E-state index in [1.54, 1.807) is 0 Å². The highest BCUT2D eigenvalue weighted by molar-refractivity contribution is 5.71. The Kier molecular flexibility index (Phi) is 7.85. The van der Waals surface area contributed by atoms with Crippen molar-refractivity contribution in [2.24, 2.45) is 0 Å². The Morgan fingerprint density at radius 1 is 0.615 bits per heavy atom. The van der Waals surface area contributed by atoms with E-state index in [1.165, 1.54) is 42.5 Å². The van der Waals surface area contributed by atoms with Crippen LogP contribution >= 0.6 is 0 Å². The molecule has 0 bridgehead atoms. The third-order valence-corrected chi connectivity index (χ3v) is 5.80. The van der Waals surface area contributed by atoms with Crippen LogP contribution in [0.15, 0.2) is 78.9 Å². The fraction of sp³-hybridized carbons (Fsp3) is 0.172. The number of halogens is 8. The number of alkyl halides is 5. The molecule has 39 heavy (non-hydrogen) atoms. The van der Waals surface area contributed by atoms with Gasteiger partial charge in [0.2, 0.25) is 5.82 Å². The van der Waals surface area contributed by atoms with Crippen molar-refractivity contribution in [1.29, 1.82) is 0 Å². The molecule has 0 aliphatic rings. The van der Waals surface area contributed by atoms with E-state index in [-0.39, 0.29) is 16.7 Å². The lowest BCUT2D eigenvalue weighted by Gasteiger charge is -2.19. The van der Waals surface area contributed by atoms with Crippen LogP contribution in [0.3, 0.4) is 0 Å². The van der Waals surface area contributed by atoms with Crippen molar-refractivity contribution >= 4 is 0 Å². The highest BCUT2D eigenvalue weighted by atomic mass is 19.4. The molecule has 0 aliphatic heterocycles. The van der Waals surface area contributed by atoms with Crippen molar-refractivity contribution in [3.63, 3.8) is 0 Å². The molecule has 0 saturated carbocycles. The summed E-state index contributed by atoms with van der Waals surface area (Å²) >= 11 is 0. The second kappa shape index (κ2) is 11.0. The van der Waals surface area contributed by atoms with E-state index in [9.17, 15) is 35.1 Å². The summed E-state index contributed by atoms with van der Waals surface area (Å²) in [5.74, 6) is -6.25. The number of aryl methyl sites for hydroxylation is 1. The molecule has 4 aromatic carbocycles. The minimum atomic E-state index is -5.06. The zero-order chi connectivity index (χ0) is 28.4. The Bertz CT molecular complexity index is 1450. The van der Waals surface area contributed by atoms with E-state index >= 15 is 0 Å². The van der Waals surface area contributed by atoms with Gasteiger partial charge in [-0.15, -0.1) is 13.2 Å². The molecule has 4 aromatic rings. The standard InChI is InChI=1S/C29H20F8O2/c1-2-3-17-4-11-21(12-5-17)28(33,34)38-25-15-13-22(26(31)27(25)32)19-8-6-18(7-9-19)20-10-14-24(23(30)16-20)39-29(35,36)37/h4-16H,2-3H2,1H3. The quantitative estimate of drug-likeness (QED) is 0.203. The van der Waals surface area contributed by atoms with E-state index in [4.69, 9.17) is 0 Å². The maximum atomic E-state index is 14.9. The van der Waals surface area contributed by atoms with Crippen molar-refractivity contribution in [3.05, 3.63) is 107 Å². The first-order valence-corrected chi connectivity index (χ1v) is 11.7. The van der Waals surface area contributed by atoms with Crippen LogP contribution in [-0.2, 0) is 12.5 Å². The Morgan fingerprint density at radius 3 is 1.79 bits per heavy atom. The molecule has 0 spiro atoms. The van der Waals surface area contributed by atoms with Crippen LogP contribution in [-0.4, -0.2) is 6.36 Å². The van der Waals surface area contributed by atoms with Gasteiger partial charge in [0.05, 0.1) is 5.56 Å². The number of hydrogen-bond acceptors (Lipinski definition) is 2. The summed E-state index contributed by atoms with van der Waals surface area (Å²) in [5.41, 5.74) is 0.810. The van der Waals surface area contributed by atoms with Crippen LogP contribution in [0.2, 0.25) is 0 Å². The smallest absolute Gasteiger partial charge is 0.426 e. The molecule has 204 valence electrons. The average Bonchev–Trinajstić information content (AvgIpc) is 2.88. The topological polar surface area (TPSA) is 18.5 Å². The molecule has 0 N–H and O–H groups in total. The van der Waals surface area contributed by atoms with Crippen LogP contribution in [0, 0.1) is 17.5 Å². The molecule has 0 heterocycles. The zero-order valence-electron chi connectivity index (χ0n) is 20.3. The minimum absolute atomic E-state index is 0.164. The normalized spacial score (nSPS) is 11.9. The Labute approximate surface area is 218 Å². The van der Waals surface area contributed by atoms with Crippen LogP contribution < -0.4 is 9.47 Å². The Balaban J connectivity index is 1.54. The summed E-state index contributed by atoms with van der Waals surface area (Å²) in [6.07, 6.45) is -7.44. The van der Waals surface area contributed by atoms with E-state index in [1.807, 2.05) is 6.92 Å². The molecule has 0 saturated heterocycles. The molecule has 0 atom stereocenters. The first-order valence-electron chi connectivity index (χ1n) is 11.7. The monoisotopic (exact) mass is 552 g/mol. The second-order valence-electron chi connectivity index (χ2n) is 8.58. The molecule has 2 nitrogen and oxygen atoms in total. The predicted octanol–water partition coefficient (Wildman–Crippen LogP) is 9.42. The summed E-state index contributed by atoms with van der Waals surface area (Å²) in [5, 5.41) is 0.